The van der Waals surface area contributed by atoms with Gasteiger partial charge >= 0.3 is 0 Å². The highest BCUT2D eigenvalue weighted by atomic mass is 32.2. The summed E-state index contributed by atoms with van der Waals surface area (Å²) in [4.78, 5) is 0. The topological polar surface area (TPSA) is 46.2 Å². The molecule has 0 aromatic rings. The fourth-order valence-electron chi connectivity index (χ4n) is 3.57. The molecule has 4 heteroatoms. The van der Waals surface area contributed by atoms with Crippen LogP contribution in [0.1, 0.15) is 46.0 Å². The lowest BCUT2D eigenvalue weighted by Gasteiger charge is -2.32. The normalized spacial score (nSPS) is 34.9. The summed E-state index contributed by atoms with van der Waals surface area (Å²) in [5, 5.41) is 3.57. The third-order valence-electron chi connectivity index (χ3n) is 4.57. The van der Waals surface area contributed by atoms with Crippen molar-refractivity contribution in [2.75, 3.05) is 18.6 Å². The lowest BCUT2D eigenvalue weighted by molar-refractivity contribution is 0.222. The number of hydrogen-bond acceptors (Lipinski definition) is 3. The first-order valence-corrected chi connectivity index (χ1v) is 9.27. The highest BCUT2D eigenvalue weighted by Crippen LogP contribution is 2.61. The van der Waals surface area contributed by atoms with Gasteiger partial charge in [0.1, 0.15) is 9.84 Å². The van der Waals surface area contributed by atoms with E-state index in [0.29, 0.717) is 17.2 Å². The van der Waals surface area contributed by atoms with E-state index in [2.05, 4.69) is 19.2 Å². The van der Waals surface area contributed by atoms with Gasteiger partial charge in [-0.25, -0.2) is 8.42 Å². The molecule has 3 nitrogen and oxygen atoms in total. The predicted octanol–water partition coefficient (Wildman–Crippen LogP) is 2.23. The second-order valence-corrected chi connectivity index (χ2v) is 9.19. The molecule has 2 aliphatic rings. The van der Waals surface area contributed by atoms with Crippen LogP contribution in [0.2, 0.25) is 0 Å². The Kier molecular flexibility index (Phi) is 4.07. The first-order chi connectivity index (χ1) is 8.30. The summed E-state index contributed by atoms with van der Waals surface area (Å²) in [7, 11) is -2.80. The molecule has 0 heterocycles. The Balaban J connectivity index is 1.85. The van der Waals surface area contributed by atoms with E-state index in [1.807, 2.05) is 0 Å². The molecule has 2 aliphatic carbocycles. The van der Waals surface area contributed by atoms with Gasteiger partial charge in [0.25, 0.3) is 0 Å². The monoisotopic (exact) mass is 273 g/mol. The molecule has 2 rings (SSSR count). The smallest absolute Gasteiger partial charge is 0.147 e. The average molecular weight is 273 g/mol. The Labute approximate surface area is 112 Å². The van der Waals surface area contributed by atoms with Crippen molar-refractivity contribution in [2.24, 2.45) is 17.3 Å². The average Bonchev–Trinajstić information content (AvgIpc) is 2.83. The van der Waals surface area contributed by atoms with E-state index in [9.17, 15) is 8.42 Å². The summed E-state index contributed by atoms with van der Waals surface area (Å²) in [6, 6.07) is 0.522. The minimum atomic E-state index is -2.80. The van der Waals surface area contributed by atoms with Gasteiger partial charge in [-0.2, -0.15) is 0 Å². The zero-order valence-corrected chi connectivity index (χ0v) is 12.7. The number of sulfone groups is 1. The molecule has 0 amide bonds. The molecule has 0 aliphatic heterocycles. The van der Waals surface area contributed by atoms with Gasteiger partial charge in [0.2, 0.25) is 0 Å². The van der Waals surface area contributed by atoms with Crippen LogP contribution in [0, 0.1) is 17.3 Å². The largest absolute Gasteiger partial charge is 0.314 e. The van der Waals surface area contributed by atoms with E-state index in [1.54, 1.807) is 0 Å². The summed E-state index contributed by atoms with van der Waals surface area (Å²) in [5.41, 5.74) is 0.391. The molecule has 2 saturated carbocycles. The second kappa shape index (κ2) is 5.12. The van der Waals surface area contributed by atoms with Crippen LogP contribution < -0.4 is 5.32 Å². The van der Waals surface area contributed by atoms with Gasteiger partial charge in [-0.3, -0.25) is 0 Å². The third-order valence-corrected chi connectivity index (χ3v) is 5.60. The van der Waals surface area contributed by atoms with E-state index < -0.39 is 9.84 Å². The summed E-state index contributed by atoms with van der Waals surface area (Å²) in [5.74, 6) is 2.26. The van der Waals surface area contributed by atoms with Crippen molar-refractivity contribution in [3.05, 3.63) is 0 Å². The van der Waals surface area contributed by atoms with Crippen LogP contribution in [-0.4, -0.2) is 33.0 Å². The van der Waals surface area contributed by atoms with Gasteiger partial charge in [-0.05, 0) is 49.4 Å². The van der Waals surface area contributed by atoms with Crippen LogP contribution in [0.25, 0.3) is 0 Å². The third kappa shape index (κ3) is 3.95. The summed E-state index contributed by atoms with van der Waals surface area (Å²) in [6.45, 7) is 5.43. The van der Waals surface area contributed by atoms with Crippen LogP contribution in [-0.2, 0) is 9.84 Å². The van der Waals surface area contributed by atoms with Crippen LogP contribution in [0.4, 0.5) is 0 Å². The standard InChI is InChI=1S/C14H27NO2S/c1-11(2)15-10-14(5-4-6-18(3,16)17)8-12-7-13(12)9-14/h11-13,15H,4-10H2,1-3H3. The first kappa shape index (κ1) is 14.3. The molecule has 0 radical (unpaired) electrons. The van der Waals surface area contributed by atoms with Crippen molar-refractivity contribution in [1.82, 2.24) is 5.32 Å². The molecule has 18 heavy (non-hydrogen) atoms. The predicted molar refractivity (Wildman–Crippen MR) is 75.3 cm³/mol. The van der Waals surface area contributed by atoms with E-state index >= 15 is 0 Å². The quantitative estimate of drug-likeness (QED) is 0.773. The van der Waals surface area contributed by atoms with Gasteiger partial charge in [-0.1, -0.05) is 13.8 Å². The Morgan fingerprint density at radius 3 is 2.39 bits per heavy atom. The van der Waals surface area contributed by atoms with Crippen LogP contribution in [0.3, 0.4) is 0 Å². The molecular formula is C14H27NO2S. The van der Waals surface area contributed by atoms with Gasteiger partial charge in [0, 0.05) is 24.6 Å². The van der Waals surface area contributed by atoms with E-state index in [4.69, 9.17) is 0 Å². The Hall–Kier alpha value is -0.0900. The number of rotatable bonds is 7. The van der Waals surface area contributed by atoms with Crippen LogP contribution in [0.15, 0.2) is 0 Å². The molecule has 2 atom stereocenters. The molecule has 1 N–H and O–H groups in total. The highest BCUT2D eigenvalue weighted by Gasteiger charge is 2.52. The second-order valence-electron chi connectivity index (χ2n) is 6.93. The van der Waals surface area contributed by atoms with Gasteiger partial charge in [0.05, 0.1) is 0 Å². The molecule has 106 valence electrons. The molecule has 0 bridgehead atoms. The summed E-state index contributed by atoms with van der Waals surface area (Å²) < 4.78 is 22.5. The van der Waals surface area contributed by atoms with Crippen molar-refractivity contribution in [3.8, 4) is 0 Å². The Morgan fingerprint density at radius 1 is 1.28 bits per heavy atom. The van der Waals surface area contributed by atoms with Crippen molar-refractivity contribution in [1.29, 1.82) is 0 Å². The van der Waals surface area contributed by atoms with Gasteiger partial charge in [0.15, 0.2) is 0 Å². The fourth-order valence-corrected chi connectivity index (χ4v) is 4.24. The van der Waals surface area contributed by atoms with Gasteiger partial charge < -0.3 is 5.32 Å². The lowest BCUT2D eigenvalue weighted by Crippen LogP contribution is -2.37. The van der Waals surface area contributed by atoms with E-state index in [0.717, 1.165) is 31.2 Å². The molecule has 2 unspecified atom stereocenters. The van der Waals surface area contributed by atoms with Crippen molar-refractivity contribution >= 4 is 9.84 Å². The SMILES string of the molecule is CC(C)NCC1(CCCS(C)(=O)=O)CC2CC2C1. The highest BCUT2D eigenvalue weighted by molar-refractivity contribution is 7.90. The number of hydrogen-bond donors (Lipinski definition) is 1. The summed E-state index contributed by atoms with van der Waals surface area (Å²) >= 11 is 0. The zero-order chi connectivity index (χ0) is 13.4. The molecule has 0 saturated heterocycles. The fraction of sp³-hybridized carbons (Fsp3) is 1.00. The summed E-state index contributed by atoms with van der Waals surface area (Å²) in [6.07, 6.45) is 7.32. The number of fused-ring (bicyclic) bond motifs is 1. The van der Waals surface area contributed by atoms with Crippen LogP contribution in [0.5, 0.6) is 0 Å². The zero-order valence-electron chi connectivity index (χ0n) is 11.9. The minimum absolute atomic E-state index is 0.353. The van der Waals surface area contributed by atoms with E-state index in [1.165, 1.54) is 25.5 Å². The number of nitrogens with one attached hydrogen (secondary N) is 1. The molecule has 0 spiro atoms. The van der Waals surface area contributed by atoms with E-state index in [-0.39, 0.29) is 0 Å². The molecule has 0 aromatic heterocycles. The first-order valence-electron chi connectivity index (χ1n) is 7.21. The van der Waals surface area contributed by atoms with Crippen molar-refractivity contribution in [2.45, 2.75) is 52.0 Å². The maximum absolute atomic E-state index is 11.2. The lowest BCUT2D eigenvalue weighted by atomic mass is 9.78. The van der Waals surface area contributed by atoms with Crippen molar-refractivity contribution < 1.29 is 8.42 Å². The van der Waals surface area contributed by atoms with Crippen molar-refractivity contribution in [3.63, 3.8) is 0 Å². The molecular weight excluding hydrogens is 246 g/mol. The minimum Gasteiger partial charge on any atom is -0.314 e. The maximum Gasteiger partial charge on any atom is 0.147 e. The van der Waals surface area contributed by atoms with Crippen LogP contribution >= 0.6 is 0 Å². The maximum atomic E-state index is 11.2. The molecule has 2 fully saturated rings. The molecule has 0 aromatic carbocycles. The Morgan fingerprint density at radius 2 is 1.89 bits per heavy atom. The van der Waals surface area contributed by atoms with Gasteiger partial charge in [-0.15, -0.1) is 0 Å². The Bertz CT molecular complexity index is 379.